The van der Waals surface area contributed by atoms with Crippen molar-refractivity contribution in [3.63, 3.8) is 0 Å². The van der Waals surface area contributed by atoms with Crippen molar-refractivity contribution >= 4 is 49.8 Å². The Hall–Kier alpha value is -3.68. The van der Waals surface area contributed by atoms with E-state index in [0.29, 0.717) is 0 Å². The minimum Gasteiger partial charge on any atom is -0.489 e. The molecule has 1 fully saturated rings. The Labute approximate surface area is 201 Å². The van der Waals surface area contributed by atoms with Crippen LogP contribution in [0.25, 0.3) is 21.2 Å². The van der Waals surface area contributed by atoms with Gasteiger partial charge in [0.05, 0.1) is 33.6 Å². The Bertz CT molecular complexity index is 1470. The lowest BCUT2D eigenvalue weighted by Crippen LogP contribution is -2.38. The van der Waals surface area contributed by atoms with Gasteiger partial charge in [-0.2, -0.15) is 5.26 Å². The van der Waals surface area contributed by atoms with E-state index in [0.717, 1.165) is 29.5 Å². The number of rotatable bonds is 2. The van der Waals surface area contributed by atoms with Crippen LogP contribution in [-0.2, 0) is 4.79 Å². The van der Waals surface area contributed by atoms with E-state index >= 15 is 4.39 Å². The number of thiophene rings is 1. The maximum absolute atomic E-state index is 15.5. The van der Waals surface area contributed by atoms with Gasteiger partial charge in [-0.1, -0.05) is 24.2 Å². The third-order valence-electron chi connectivity index (χ3n) is 5.97. The molecule has 1 saturated heterocycles. The molecule has 1 aromatic heterocycles. The minimum atomic E-state index is -0.848. The molecule has 0 aliphatic carbocycles. The number of halogens is 3. The molecular formula is C23H15ClF2N4O3S. The van der Waals surface area contributed by atoms with E-state index in [1.165, 1.54) is 15.9 Å². The molecule has 11 heteroatoms. The first-order valence-corrected chi connectivity index (χ1v) is 11.2. The summed E-state index contributed by atoms with van der Waals surface area (Å²) in [5.74, 6) is -2.33. The Balaban J connectivity index is 1.67. The summed E-state index contributed by atoms with van der Waals surface area (Å²) in [5.41, 5.74) is 5.85. The van der Waals surface area contributed by atoms with Crippen molar-refractivity contribution in [3.05, 3.63) is 58.6 Å². The van der Waals surface area contributed by atoms with Gasteiger partial charge in [-0.3, -0.25) is 9.59 Å². The largest absolute Gasteiger partial charge is 0.489 e. The fourth-order valence-electron chi connectivity index (χ4n) is 4.36. The summed E-state index contributed by atoms with van der Waals surface area (Å²) in [6.07, 6.45) is 1.16. The van der Waals surface area contributed by atoms with Crippen LogP contribution in [0.4, 0.5) is 13.8 Å². The van der Waals surface area contributed by atoms with Gasteiger partial charge in [-0.15, -0.1) is 11.3 Å². The minimum absolute atomic E-state index is 0.0104. The standard InChI is InChI=1S/C23H15ClF2N4O3S/c1-2-16(31)29-7-10-8-33-20-12(23(32)30(10)9-29)5-15(26)18(19(20)24)11-3-4-14(25)21-17(11)13(6-27)22(28)34-21/h2-5,10H,1,7-9,28H2. The lowest BCUT2D eigenvalue weighted by molar-refractivity contribution is -0.125. The average Bonchev–Trinajstić information content (AvgIpc) is 3.36. The Kier molecular flexibility index (Phi) is 5.19. The molecule has 2 aromatic carbocycles. The fourth-order valence-corrected chi connectivity index (χ4v) is 5.66. The fraction of sp³-hybridized carbons (Fsp3) is 0.174. The first-order valence-electron chi connectivity index (χ1n) is 10.0. The lowest BCUT2D eigenvalue weighted by atomic mass is 9.96. The van der Waals surface area contributed by atoms with Crippen LogP contribution >= 0.6 is 22.9 Å². The molecule has 7 nitrogen and oxygen atoms in total. The summed E-state index contributed by atoms with van der Waals surface area (Å²) in [4.78, 5) is 28.1. The second-order valence-electron chi connectivity index (χ2n) is 7.82. The number of nitriles is 1. The number of nitrogens with two attached hydrogens (primary N) is 1. The van der Waals surface area contributed by atoms with Crippen LogP contribution in [0.2, 0.25) is 5.02 Å². The highest BCUT2D eigenvalue weighted by molar-refractivity contribution is 7.23. The molecule has 3 heterocycles. The zero-order valence-electron chi connectivity index (χ0n) is 17.4. The molecule has 34 heavy (non-hydrogen) atoms. The molecule has 3 aromatic rings. The number of anilines is 1. The van der Waals surface area contributed by atoms with Crippen LogP contribution in [0.3, 0.4) is 0 Å². The number of hydrogen-bond acceptors (Lipinski definition) is 6. The predicted octanol–water partition coefficient (Wildman–Crippen LogP) is 4.14. The predicted molar refractivity (Wildman–Crippen MR) is 124 cm³/mol. The second kappa shape index (κ2) is 7.97. The maximum Gasteiger partial charge on any atom is 0.259 e. The molecule has 2 amide bonds. The third kappa shape index (κ3) is 3.12. The molecule has 0 bridgehead atoms. The number of benzene rings is 2. The zero-order valence-corrected chi connectivity index (χ0v) is 19.0. The van der Waals surface area contributed by atoms with Crippen LogP contribution in [0.1, 0.15) is 15.9 Å². The molecule has 2 aliphatic heterocycles. The molecule has 5 rings (SSSR count). The molecule has 1 atom stereocenters. The number of hydrogen-bond donors (Lipinski definition) is 1. The van der Waals surface area contributed by atoms with E-state index in [9.17, 15) is 19.2 Å². The van der Waals surface area contributed by atoms with Crippen LogP contribution in [0, 0.1) is 23.0 Å². The summed E-state index contributed by atoms with van der Waals surface area (Å²) in [7, 11) is 0. The molecule has 0 spiro atoms. The molecule has 172 valence electrons. The van der Waals surface area contributed by atoms with Gasteiger partial charge < -0.3 is 20.3 Å². The highest BCUT2D eigenvalue weighted by Crippen LogP contribution is 2.47. The number of nitrogen functional groups attached to an aromatic ring is 1. The van der Waals surface area contributed by atoms with Gasteiger partial charge in [0, 0.05) is 17.5 Å². The van der Waals surface area contributed by atoms with Crippen molar-refractivity contribution < 1.29 is 23.1 Å². The van der Waals surface area contributed by atoms with Gasteiger partial charge in [-0.25, -0.2) is 8.78 Å². The highest BCUT2D eigenvalue weighted by atomic mass is 35.5. The summed E-state index contributed by atoms with van der Waals surface area (Å²) < 4.78 is 35.9. The molecule has 0 saturated carbocycles. The van der Waals surface area contributed by atoms with Gasteiger partial charge in [0.2, 0.25) is 5.91 Å². The van der Waals surface area contributed by atoms with Crippen molar-refractivity contribution in [1.29, 1.82) is 5.26 Å². The van der Waals surface area contributed by atoms with Gasteiger partial charge in [0.1, 0.15) is 29.3 Å². The van der Waals surface area contributed by atoms with Crippen molar-refractivity contribution in [2.75, 3.05) is 25.6 Å². The second-order valence-corrected chi connectivity index (χ2v) is 9.25. The first-order chi connectivity index (χ1) is 16.3. The molecule has 1 unspecified atom stereocenters. The lowest BCUT2D eigenvalue weighted by Gasteiger charge is -2.19. The summed E-state index contributed by atoms with van der Waals surface area (Å²) in [5, 5.41) is 9.62. The number of ether oxygens (including phenoxy) is 1. The number of carbonyl (C=O) groups excluding carboxylic acids is 2. The smallest absolute Gasteiger partial charge is 0.259 e. The van der Waals surface area contributed by atoms with Crippen LogP contribution in [0.15, 0.2) is 30.9 Å². The Morgan fingerprint density at radius 3 is 2.82 bits per heavy atom. The normalized spacial score (nSPS) is 17.1. The van der Waals surface area contributed by atoms with Gasteiger partial charge in [-0.05, 0) is 23.8 Å². The number of carbonyl (C=O) groups is 2. The SMILES string of the molecule is C=CC(=O)N1CC2COc3c(cc(F)c(-c4ccc(F)c5sc(N)c(C#N)c45)c3Cl)C(=O)N2C1. The molecule has 0 radical (unpaired) electrons. The van der Waals surface area contributed by atoms with Gasteiger partial charge in [0.15, 0.2) is 5.75 Å². The Morgan fingerprint density at radius 2 is 2.12 bits per heavy atom. The molecular weight excluding hydrogens is 486 g/mol. The highest BCUT2D eigenvalue weighted by Gasteiger charge is 2.41. The summed E-state index contributed by atoms with van der Waals surface area (Å²) in [6.45, 7) is 3.72. The quantitative estimate of drug-likeness (QED) is 0.533. The number of fused-ring (bicyclic) bond motifs is 3. The molecule has 2 N–H and O–H groups in total. The van der Waals surface area contributed by atoms with E-state index in [1.807, 2.05) is 6.07 Å². The number of amides is 2. The van der Waals surface area contributed by atoms with Crippen LogP contribution in [0.5, 0.6) is 5.75 Å². The molecule has 2 aliphatic rings. The van der Waals surface area contributed by atoms with Crippen molar-refractivity contribution in [1.82, 2.24) is 9.80 Å². The summed E-state index contributed by atoms with van der Waals surface area (Å²) >= 11 is 7.47. The van der Waals surface area contributed by atoms with Crippen LogP contribution in [-0.4, -0.2) is 47.5 Å². The van der Waals surface area contributed by atoms with Crippen molar-refractivity contribution in [2.24, 2.45) is 0 Å². The van der Waals surface area contributed by atoms with Gasteiger partial charge >= 0.3 is 0 Å². The van der Waals surface area contributed by atoms with Crippen LogP contribution < -0.4 is 10.5 Å². The van der Waals surface area contributed by atoms with E-state index < -0.39 is 23.6 Å². The summed E-state index contributed by atoms with van der Waals surface area (Å²) in [6, 6.07) is 4.96. The zero-order chi connectivity index (χ0) is 24.3. The monoisotopic (exact) mass is 500 g/mol. The van der Waals surface area contributed by atoms with E-state index in [1.54, 1.807) is 0 Å². The van der Waals surface area contributed by atoms with Crippen molar-refractivity contribution in [3.8, 4) is 22.9 Å². The van der Waals surface area contributed by atoms with E-state index in [4.69, 9.17) is 22.1 Å². The topological polar surface area (TPSA) is 99.7 Å². The van der Waals surface area contributed by atoms with E-state index in [-0.39, 0.29) is 73.8 Å². The average molecular weight is 501 g/mol. The van der Waals surface area contributed by atoms with Gasteiger partial charge in [0.25, 0.3) is 5.91 Å². The van der Waals surface area contributed by atoms with E-state index in [2.05, 4.69) is 6.58 Å². The first kappa shape index (κ1) is 22.1. The van der Waals surface area contributed by atoms with Crippen molar-refractivity contribution in [2.45, 2.75) is 6.04 Å². The Morgan fingerprint density at radius 1 is 1.35 bits per heavy atom. The third-order valence-corrected chi connectivity index (χ3v) is 7.35. The number of nitrogens with zero attached hydrogens (tertiary/aromatic N) is 3. The maximum atomic E-state index is 15.5.